The second-order valence-corrected chi connectivity index (χ2v) is 21.0. The third kappa shape index (κ3) is 3.60. The number of hydrogen-bond donors (Lipinski definition) is 0. The van der Waals surface area contributed by atoms with Crippen LogP contribution in [-0.4, -0.2) is 8.07 Å². The number of pyridine rings is 2. The molecule has 4 heteroatoms. The van der Waals surface area contributed by atoms with E-state index in [1.807, 2.05) is 12.3 Å². The largest absolute Gasteiger partial charge is 0.455 e. The van der Waals surface area contributed by atoms with Crippen molar-refractivity contribution in [2.75, 3.05) is 0 Å². The molecule has 1 atom stereocenters. The fraction of sp³-hybridized carbons (Fsp3) is 0.167. The number of nitrogens with zero attached hydrogens (tertiary/aromatic N) is 2. The fourth-order valence-electron chi connectivity index (χ4n) is 9.52. The Morgan fingerprint density at radius 3 is 2.04 bits per heavy atom. The quantitative estimate of drug-likeness (QED) is 0.100. The Kier molecular flexibility index (Phi) is 5.07. The van der Waals surface area contributed by atoms with Crippen LogP contribution in [0, 0.1) is 6.85 Å². The zero-order chi connectivity index (χ0) is 38.7. The summed E-state index contributed by atoms with van der Waals surface area (Å²) >= 11 is 0. The molecule has 6 aromatic carbocycles. The first-order valence-corrected chi connectivity index (χ1v) is 21.7. The van der Waals surface area contributed by atoms with Gasteiger partial charge in [0.05, 0.1) is 13.6 Å². The molecule has 0 bridgehead atoms. The maximum absolute atomic E-state index is 9.27. The minimum absolute atomic E-state index is 0.187. The first-order valence-electron chi connectivity index (χ1n) is 20.2. The molecule has 0 aliphatic carbocycles. The van der Waals surface area contributed by atoms with Gasteiger partial charge in [0.15, 0.2) is 12.4 Å². The minimum Gasteiger partial charge on any atom is -0.455 e. The molecule has 52 heavy (non-hydrogen) atoms. The van der Waals surface area contributed by atoms with Crippen LogP contribution >= 0.6 is 0 Å². The number of aromatic nitrogens is 2. The number of rotatable bonds is 2. The summed E-state index contributed by atoms with van der Waals surface area (Å²) in [6.07, 6.45) is 4.15. The summed E-state index contributed by atoms with van der Waals surface area (Å²) in [5.74, 6) is -1.18. The van der Waals surface area contributed by atoms with E-state index in [-0.39, 0.29) is 5.56 Å². The average molecular weight is 693 g/mol. The van der Waals surface area contributed by atoms with Crippen molar-refractivity contribution >= 4 is 67.5 Å². The van der Waals surface area contributed by atoms with Crippen molar-refractivity contribution in [2.24, 2.45) is 0 Å². The van der Waals surface area contributed by atoms with Gasteiger partial charge in [0.25, 0.3) is 0 Å². The van der Waals surface area contributed by atoms with Gasteiger partial charge in [0.2, 0.25) is 11.4 Å². The number of hydrogen-bond acceptors (Lipinski definition) is 1. The highest BCUT2D eigenvalue weighted by molar-refractivity contribution is 6.88. The molecule has 0 N–H and O–H groups in total. The van der Waals surface area contributed by atoms with Crippen LogP contribution in [0.25, 0.3) is 76.8 Å². The van der Waals surface area contributed by atoms with Crippen LogP contribution in [0.2, 0.25) is 19.6 Å². The molecule has 3 aromatic heterocycles. The van der Waals surface area contributed by atoms with Gasteiger partial charge in [-0.2, -0.15) is 0 Å². The molecule has 1 spiro atoms. The Morgan fingerprint density at radius 2 is 1.31 bits per heavy atom. The summed E-state index contributed by atoms with van der Waals surface area (Å²) in [7, 11) is -1.80. The first-order chi connectivity index (χ1) is 26.7. The van der Waals surface area contributed by atoms with E-state index in [9.17, 15) is 1.37 Å². The monoisotopic (exact) mass is 692 g/mol. The van der Waals surface area contributed by atoms with Gasteiger partial charge in [0.1, 0.15) is 27.9 Å². The topological polar surface area (TPSA) is 20.9 Å². The van der Waals surface area contributed by atoms with Gasteiger partial charge in [-0.3, -0.25) is 0 Å². The minimum atomic E-state index is -2.45. The zero-order valence-corrected chi connectivity index (χ0v) is 30.9. The molecule has 1 unspecified atom stereocenters. The van der Waals surface area contributed by atoms with Crippen molar-refractivity contribution < 1.29 is 19.0 Å². The normalized spacial score (nSPS) is 17.7. The maximum atomic E-state index is 9.27. The number of fused-ring (bicyclic) bond motifs is 21. The number of aryl methyl sites for hydroxylation is 1. The van der Waals surface area contributed by atoms with Crippen LogP contribution in [-0.2, 0) is 5.66 Å². The predicted octanol–water partition coefficient (Wildman–Crippen LogP) is 10.9. The lowest BCUT2D eigenvalue weighted by Gasteiger charge is -2.20. The van der Waals surface area contributed by atoms with E-state index in [1.165, 1.54) is 32.1 Å². The summed E-state index contributed by atoms with van der Waals surface area (Å²) in [5, 5.41) is 10.5. The molecule has 11 rings (SSSR count). The van der Waals surface area contributed by atoms with Crippen molar-refractivity contribution in [1.29, 1.82) is 0 Å². The summed E-state index contributed by atoms with van der Waals surface area (Å²) in [6.45, 7) is 8.18. The molecule has 5 heterocycles. The Hall–Kier alpha value is -5.58. The Bertz CT molecular complexity index is 3190. The number of furan rings is 1. The van der Waals surface area contributed by atoms with Crippen molar-refractivity contribution in [1.82, 2.24) is 0 Å². The SMILES string of the molecule is [2H]C([2H])([2H])c1c[n+]2c(cc1C([2H])(C)C)-c1c(ccc3c1oc1ccc4c5ccccc5c5ccccc5c4c13)C21c2ccccc2-c2ccc([Si](C)(C)C)c[n+]21. The van der Waals surface area contributed by atoms with Gasteiger partial charge in [-0.1, -0.05) is 100 Å². The molecule has 250 valence electrons. The van der Waals surface area contributed by atoms with Gasteiger partial charge >= 0.3 is 5.66 Å². The van der Waals surface area contributed by atoms with E-state index in [0.29, 0.717) is 5.56 Å². The highest BCUT2D eigenvalue weighted by Crippen LogP contribution is 2.52. The van der Waals surface area contributed by atoms with Crippen molar-refractivity contribution in [3.05, 3.63) is 150 Å². The molecule has 2 aliphatic rings. The molecule has 0 amide bonds. The van der Waals surface area contributed by atoms with Crippen molar-refractivity contribution in [2.45, 2.75) is 51.9 Å². The van der Waals surface area contributed by atoms with Crippen LogP contribution in [0.15, 0.2) is 132 Å². The van der Waals surface area contributed by atoms with Gasteiger partial charge in [0, 0.05) is 44.5 Å². The van der Waals surface area contributed by atoms with Crippen LogP contribution in [0.5, 0.6) is 0 Å². The Balaban J connectivity index is 1.36. The highest BCUT2D eigenvalue weighted by atomic mass is 28.3. The third-order valence-corrected chi connectivity index (χ3v) is 13.9. The van der Waals surface area contributed by atoms with Gasteiger partial charge in [-0.15, -0.1) is 9.13 Å². The van der Waals surface area contributed by atoms with Crippen molar-refractivity contribution in [3.63, 3.8) is 0 Å². The number of benzene rings is 6. The Morgan fingerprint density at radius 1 is 0.654 bits per heavy atom. The predicted molar refractivity (Wildman–Crippen MR) is 217 cm³/mol. The van der Waals surface area contributed by atoms with E-state index >= 15 is 0 Å². The van der Waals surface area contributed by atoms with Gasteiger partial charge < -0.3 is 4.42 Å². The zero-order valence-electron chi connectivity index (χ0n) is 33.9. The average Bonchev–Trinajstić information content (AvgIpc) is 3.80. The van der Waals surface area contributed by atoms with Crippen molar-refractivity contribution in [3.8, 4) is 22.5 Å². The molecule has 0 radical (unpaired) electrons. The van der Waals surface area contributed by atoms with Gasteiger partial charge in [-0.05, 0) is 81.6 Å². The van der Waals surface area contributed by atoms with Gasteiger partial charge in [-0.25, -0.2) is 0 Å². The summed E-state index contributed by atoms with van der Waals surface area (Å²) in [6, 6.07) is 41.1. The molecule has 0 saturated heterocycles. The molecule has 2 aliphatic heterocycles. The van der Waals surface area contributed by atoms with E-state index in [1.54, 1.807) is 13.8 Å². The Labute approximate surface area is 310 Å². The third-order valence-electron chi connectivity index (χ3n) is 11.9. The van der Waals surface area contributed by atoms with Crippen LogP contribution < -0.4 is 14.3 Å². The van der Waals surface area contributed by atoms with E-state index < -0.39 is 26.5 Å². The lowest BCUT2D eigenvalue weighted by atomic mass is 9.88. The second kappa shape index (κ2) is 10.1. The summed E-state index contributed by atoms with van der Waals surface area (Å²) < 4.78 is 47.4. The second-order valence-electron chi connectivity index (χ2n) is 15.9. The van der Waals surface area contributed by atoms with Crippen LogP contribution in [0.1, 0.15) is 47.5 Å². The fourth-order valence-corrected chi connectivity index (χ4v) is 10.6. The molecule has 9 aromatic rings. The van der Waals surface area contributed by atoms with E-state index in [4.69, 9.17) is 8.53 Å². The molecular formula is C48H40N2OSi+2. The summed E-state index contributed by atoms with van der Waals surface area (Å²) in [5.41, 5.74) is 7.31. The molecule has 0 saturated carbocycles. The van der Waals surface area contributed by atoms with Crippen LogP contribution in [0.4, 0.5) is 0 Å². The van der Waals surface area contributed by atoms with E-state index in [2.05, 4.69) is 144 Å². The summed E-state index contributed by atoms with van der Waals surface area (Å²) in [4.78, 5) is 0. The maximum Gasteiger partial charge on any atom is 0.417 e. The first kappa shape index (κ1) is 26.2. The lowest BCUT2D eigenvalue weighted by Crippen LogP contribution is -2.72. The smallest absolute Gasteiger partial charge is 0.417 e. The molecule has 0 fully saturated rings. The highest BCUT2D eigenvalue weighted by Gasteiger charge is 2.67. The lowest BCUT2D eigenvalue weighted by molar-refractivity contribution is -0.954. The van der Waals surface area contributed by atoms with E-state index in [0.717, 1.165) is 61.0 Å². The molecule has 3 nitrogen and oxygen atoms in total. The van der Waals surface area contributed by atoms with Crippen LogP contribution in [0.3, 0.4) is 0 Å². The molecular weight excluding hydrogens is 649 g/mol. The standard InChI is InChI=1S/C48H40N2OSi/c1-28(2)38-25-42-46-40(48(49(42)26-29(38)3)39-18-12-11-17-36(39)41-23-19-30(27-50(41)48)52(4,5)6)22-20-37-45-43(51-47(37)46)24-21-35-33-15-8-7-13-31(33)32-14-9-10-16-34(32)44(35)45/h7-28H,1-6H3/q+2/i3D3,28D.